The molecule has 1 saturated heterocycles. The lowest BCUT2D eigenvalue weighted by Crippen LogP contribution is -2.50. The third-order valence-electron chi connectivity index (χ3n) is 4.10. The van der Waals surface area contributed by atoms with E-state index < -0.39 is 10.0 Å². The second kappa shape index (κ2) is 7.04. The molecule has 5 nitrogen and oxygen atoms in total. The lowest BCUT2D eigenvalue weighted by atomic mass is 10.1. The fourth-order valence-corrected chi connectivity index (χ4v) is 5.60. The van der Waals surface area contributed by atoms with Gasteiger partial charge < -0.3 is 4.90 Å². The molecule has 1 fully saturated rings. The van der Waals surface area contributed by atoms with Crippen molar-refractivity contribution >= 4 is 27.3 Å². The number of piperazine rings is 1. The maximum absolute atomic E-state index is 12.6. The van der Waals surface area contributed by atoms with Crippen LogP contribution in [0.4, 0.5) is 0 Å². The standard InChI is InChI=1S/C17H20N2O3S2/c1-14-7-8-17(23-14)24(21,22)19-11-9-18(10-12-19)16(20)13-15-5-3-2-4-6-15/h2-8H,9-13H2,1H3. The maximum atomic E-state index is 12.6. The largest absolute Gasteiger partial charge is 0.340 e. The number of hydrogen-bond acceptors (Lipinski definition) is 4. The first-order valence-electron chi connectivity index (χ1n) is 7.85. The van der Waals surface area contributed by atoms with Crippen LogP contribution in [0, 0.1) is 6.92 Å². The van der Waals surface area contributed by atoms with Crippen molar-refractivity contribution in [2.24, 2.45) is 0 Å². The van der Waals surface area contributed by atoms with Crippen molar-refractivity contribution in [2.45, 2.75) is 17.6 Å². The number of thiophene rings is 1. The zero-order valence-corrected chi connectivity index (χ0v) is 15.1. The van der Waals surface area contributed by atoms with Crippen LogP contribution in [0.2, 0.25) is 0 Å². The lowest BCUT2D eigenvalue weighted by molar-refractivity contribution is -0.131. The fourth-order valence-electron chi connectivity index (χ4n) is 2.74. The van der Waals surface area contributed by atoms with E-state index in [4.69, 9.17) is 0 Å². The topological polar surface area (TPSA) is 57.7 Å². The minimum absolute atomic E-state index is 0.0465. The molecule has 1 aromatic carbocycles. The highest BCUT2D eigenvalue weighted by atomic mass is 32.2. The van der Waals surface area contributed by atoms with Crippen LogP contribution < -0.4 is 0 Å². The number of hydrogen-bond donors (Lipinski definition) is 0. The average Bonchev–Trinajstić information content (AvgIpc) is 3.03. The van der Waals surface area contributed by atoms with Gasteiger partial charge in [-0.05, 0) is 24.6 Å². The molecule has 0 unspecified atom stereocenters. The molecule has 1 aromatic heterocycles. The second-order valence-electron chi connectivity index (χ2n) is 5.81. The van der Waals surface area contributed by atoms with Gasteiger partial charge in [0.05, 0.1) is 6.42 Å². The summed E-state index contributed by atoms with van der Waals surface area (Å²) in [5.74, 6) is 0.0465. The predicted octanol–water partition coefficient (Wildman–Crippen LogP) is 2.13. The predicted molar refractivity (Wildman–Crippen MR) is 94.5 cm³/mol. The van der Waals surface area contributed by atoms with Gasteiger partial charge >= 0.3 is 0 Å². The van der Waals surface area contributed by atoms with Crippen LogP contribution >= 0.6 is 11.3 Å². The number of nitrogens with zero attached hydrogens (tertiary/aromatic N) is 2. The van der Waals surface area contributed by atoms with Crippen LogP contribution in [0.25, 0.3) is 0 Å². The van der Waals surface area contributed by atoms with Crippen molar-refractivity contribution in [1.82, 2.24) is 9.21 Å². The van der Waals surface area contributed by atoms with Gasteiger partial charge in [-0.2, -0.15) is 4.31 Å². The molecule has 3 rings (SSSR count). The third-order valence-corrected chi connectivity index (χ3v) is 7.47. The highest BCUT2D eigenvalue weighted by Crippen LogP contribution is 2.25. The Balaban J connectivity index is 1.60. The average molecular weight is 364 g/mol. The summed E-state index contributed by atoms with van der Waals surface area (Å²) in [5, 5.41) is 0. The van der Waals surface area contributed by atoms with Crippen molar-refractivity contribution in [3.63, 3.8) is 0 Å². The first kappa shape index (κ1) is 17.1. The lowest BCUT2D eigenvalue weighted by Gasteiger charge is -2.33. The van der Waals surface area contributed by atoms with Crippen LogP contribution in [0.15, 0.2) is 46.7 Å². The van der Waals surface area contributed by atoms with Gasteiger partial charge in [-0.1, -0.05) is 30.3 Å². The van der Waals surface area contributed by atoms with Crippen molar-refractivity contribution in [3.05, 3.63) is 52.9 Å². The number of carbonyl (C=O) groups excluding carboxylic acids is 1. The molecule has 1 aliphatic heterocycles. The van der Waals surface area contributed by atoms with Gasteiger partial charge in [-0.15, -0.1) is 11.3 Å². The number of sulfonamides is 1. The van der Waals surface area contributed by atoms with E-state index in [9.17, 15) is 13.2 Å². The fraction of sp³-hybridized carbons (Fsp3) is 0.353. The normalized spacial score (nSPS) is 16.3. The molecule has 2 aromatic rings. The van der Waals surface area contributed by atoms with Gasteiger partial charge in [0.15, 0.2) is 0 Å². The molecule has 7 heteroatoms. The molecular weight excluding hydrogens is 344 g/mol. The zero-order valence-electron chi connectivity index (χ0n) is 13.5. The number of rotatable bonds is 4. The Kier molecular flexibility index (Phi) is 5.03. The van der Waals surface area contributed by atoms with Gasteiger partial charge in [-0.25, -0.2) is 8.42 Å². The smallest absolute Gasteiger partial charge is 0.252 e. The Hall–Kier alpha value is -1.70. The number of aryl methyl sites for hydroxylation is 1. The van der Waals surface area contributed by atoms with E-state index in [1.165, 1.54) is 15.6 Å². The summed E-state index contributed by atoms with van der Waals surface area (Å²) in [7, 11) is -3.44. The van der Waals surface area contributed by atoms with Crippen molar-refractivity contribution < 1.29 is 13.2 Å². The highest BCUT2D eigenvalue weighted by Gasteiger charge is 2.30. The quantitative estimate of drug-likeness (QED) is 0.835. The van der Waals surface area contributed by atoms with E-state index in [-0.39, 0.29) is 5.91 Å². The summed E-state index contributed by atoms with van der Waals surface area (Å²) in [6.45, 7) is 3.47. The molecule has 0 saturated carbocycles. The first-order valence-corrected chi connectivity index (χ1v) is 10.1. The Morgan fingerprint density at radius 2 is 1.71 bits per heavy atom. The van der Waals surface area contributed by atoms with E-state index in [2.05, 4.69) is 0 Å². The Morgan fingerprint density at radius 3 is 2.29 bits per heavy atom. The summed E-state index contributed by atoms with van der Waals surface area (Å²) in [6, 6.07) is 13.1. The van der Waals surface area contributed by atoms with Gasteiger partial charge in [0.2, 0.25) is 5.91 Å². The van der Waals surface area contributed by atoms with Crippen molar-refractivity contribution in [3.8, 4) is 0 Å². The molecule has 0 atom stereocenters. The SMILES string of the molecule is Cc1ccc(S(=O)(=O)N2CCN(C(=O)Cc3ccccc3)CC2)s1. The number of benzene rings is 1. The second-order valence-corrected chi connectivity index (χ2v) is 9.27. The van der Waals surface area contributed by atoms with Crippen LogP contribution in [0.5, 0.6) is 0 Å². The molecule has 0 radical (unpaired) electrons. The molecule has 24 heavy (non-hydrogen) atoms. The Bertz CT molecular complexity index is 807. The van der Waals surface area contributed by atoms with Crippen LogP contribution in [-0.2, 0) is 21.2 Å². The monoisotopic (exact) mass is 364 g/mol. The van der Waals surface area contributed by atoms with E-state index in [0.29, 0.717) is 36.8 Å². The summed E-state index contributed by atoms with van der Waals surface area (Å²) >= 11 is 1.29. The summed E-state index contributed by atoms with van der Waals surface area (Å²) in [5.41, 5.74) is 0.978. The maximum Gasteiger partial charge on any atom is 0.252 e. The molecule has 128 valence electrons. The summed E-state index contributed by atoms with van der Waals surface area (Å²) in [6.07, 6.45) is 0.359. The summed E-state index contributed by atoms with van der Waals surface area (Å²) in [4.78, 5) is 15.1. The van der Waals surface area contributed by atoms with Crippen molar-refractivity contribution in [2.75, 3.05) is 26.2 Å². The van der Waals surface area contributed by atoms with Crippen molar-refractivity contribution in [1.29, 1.82) is 0 Å². The van der Waals surface area contributed by atoms with Gasteiger partial charge in [0, 0.05) is 31.1 Å². The molecule has 0 bridgehead atoms. The molecule has 0 spiro atoms. The Morgan fingerprint density at radius 1 is 1.04 bits per heavy atom. The van der Waals surface area contributed by atoms with Crippen LogP contribution in [0.3, 0.4) is 0 Å². The van der Waals surface area contributed by atoms with E-state index in [0.717, 1.165) is 10.4 Å². The minimum Gasteiger partial charge on any atom is -0.340 e. The third kappa shape index (κ3) is 3.68. The van der Waals surface area contributed by atoms with E-state index in [1.807, 2.05) is 43.3 Å². The Labute approximate surface area is 146 Å². The molecular formula is C17H20N2O3S2. The number of amides is 1. The number of carbonyl (C=O) groups is 1. The van der Waals surface area contributed by atoms with E-state index >= 15 is 0 Å². The minimum atomic E-state index is -3.44. The molecule has 0 aliphatic carbocycles. The summed E-state index contributed by atoms with van der Waals surface area (Å²) < 4.78 is 27.1. The van der Waals surface area contributed by atoms with Gasteiger partial charge in [0.25, 0.3) is 10.0 Å². The molecule has 1 aliphatic rings. The van der Waals surface area contributed by atoms with Crippen LogP contribution in [0.1, 0.15) is 10.4 Å². The first-order chi connectivity index (χ1) is 11.5. The molecule has 0 N–H and O–H groups in total. The van der Waals surface area contributed by atoms with Gasteiger partial charge in [-0.3, -0.25) is 4.79 Å². The highest BCUT2D eigenvalue weighted by molar-refractivity contribution is 7.91. The van der Waals surface area contributed by atoms with E-state index in [1.54, 1.807) is 11.0 Å². The zero-order chi connectivity index (χ0) is 17.2. The van der Waals surface area contributed by atoms with Gasteiger partial charge in [0.1, 0.15) is 4.21 Å². The van der Waals surface area contributed by atoms with Crippen LogP contribution in [-0.4, -0.2) is 49.7 Å². The molecule has 1 amide bonds. The molecule has 2 heterocycles.